The monoisotopic (exact) mass is 351 g/mol. The smallest absolute Gasteiger partial charge is 0.243 e. The minimum Gasteiger partial charge on any atom is -0.336 e. The Kier molecular flexibility index (Phi) is 3.64. The van der Waals surface area contributed by atoms with Crippen LogP contribution in [0.1, 0.15) is 43.6 Å². The van der Waals surface area contributed by atoms with Gasteiger partial charge in [0, 0.05) is 56.9 Å². The summed E-state index contributed by atoms with van der Waals surface area (Å²) in [7, 11) is 0. The van der Waals surface area contributed by atoms with Gasteiger partial charge in [-0.25, -0.2) is 4.98 Å². The lowest BCUT2D eigenvalue weighted by atomic mass is 9.85. The summed E-state index contributed by atoms with van der Waals surface area (Å²) >= 11 is 0. The number of rotatable bonds is 4. The predicted octanol–water partition coefficient (Wildman–Crippen LogP) is 2.24. The van der Waals surface area contributed by atoms with Crippen molar-refractivity contribution in [2.24, 2.45) is 5.92 Å². The molecule has 0 bridgehead atoms. The SMILES string of the molecule is CCn1ccnc1[C@@H]1C[C@H]2CN(Cc3cccnc3)C(=O)[C@]23CCCN13. The number of imidazole rings is 1. The second kappa shape index (κ2) is 5.91. The Bertz CT molecular complexity index is 819. The van der Waals surface area contributed by atoms with E-state index < -0.39 is 0 Å². The number of aryl methyl sites for hydroxylation is 1. The Balaban J connectivity index is 1.44. The van der Waals surface area contributed by atoms with Crippen molar-refractivity contribution in [3.8, 4) is 0 Å². The van der Waals surface area contributed by atoms with Crippen molar-refractivity contribution < 1.29 is 4.79 Å². The number of carbonyl (C=O) groups is 1. The lowest BCUT2D eigenvalue weighted by molar-refractivity contribution is -0.137. The van der Waals surface area contributed by atoms with Crippen molar-refractivity contribution in [3.05, 3.63) is 48.3 Å². The lowest BCUT2D eigenvalue weighted by Gasteiger charge is -2.33. The molecule has 3 aliphatic heterocycles. The molecule has 136 valence electrons. The highest BCUT2D eigenvalue weighted by Crippen LogP contribution is 2.55. The summed E-state index contributed by atoms with van der Waals surface area (Å²) in [5, 5.41) is 0. The molecule has 0 aromatic carbocycles. The minimum atomic E-state index is -0.294. The van der Waals surface area contributed by atoms with Crippen molar-refractivity contribution in [2.45, 2.75) is 50.9 Å². The van der Waals surface area contributed by atoms with Crippen LogP contribution in [-0.4, -0.2) is 48.9 Å². The van der Waals surface area contributed by atoms with E-state index in [1.165, 1.54) is 0 Å². The van der Waals surface area contributed by atoms with Gasteiger partial charge in [-0.1, -0.05) is 6.07 Å². The predicted molar refractivity (Wildman–Crippen MR) is 97.1 cm³/mol. The van der Waals surface area contributed by atoms with E-state index in [1.807, 2.05) is 18.5 Å². The van der Waals surface area contributed by atoms with Gasteiger partial charge in [0.1, 0.15) is 11.4 Å². The number of amides is 1. The molecular formula is C20H25N5O. The lowest BCUT2D eigenvalue weighted by Crippen LogP contribution is -2.49. The van der Waals surface area contributed by atoms with Gasteiger partial charge in [-0.2, -0.15) is 0 Å². The first-order chi connectivity index (χ1) is 12.7. The molecule has 1 amide bonds. The second-order valence-corrected chi connectivity index (χ2v) is 7.79. The van der Waals surface area contributed by atoms with Gasteiger partial charge >= 0.3 is 0 Å². The van der Waals surface area contributed by atoms with Crippen LogP contribution in [0.15, 0.2) is 36.9 Å². The quantitative estimate of drug-likeness (QED) is 0.848. The fourth-order valence-corrected chi connectivity index (χ4v) is 5.56. The molecule has 0 saturated carbocycles. The number of carbonyl (C=O) groups excluding carboxylic acids is 1. The first-order valence-electron chi connectivity index (χ1n) is 9.70. The number of pyridine rings is 1. The van der Waals surface area contributed by atoms with Crippen LogP contribution in [0.3, 0.4) is 0 Å². The fraction of sp³-hybridized carbons (Fsp3) is 0.550. The zero-order valence-corrected chi connectivity index (χ0v) is 15.2. The first-order valence-corrected chi connectivity index (χ1v) is 9.70. The summed E-state index contributed by atoms with van der Waals surface area (Å²) < 4.78 is 2.23. The third-order valence-electron chi connectivity index (χ3n) is 6.61. The Morgan fingerprint density at radius 2 is 2.27 bits per heavy atom. The van der Waals surface area contributed by atoms with E-state index in [9.17, 15) is 4.79 Å². The van der Waals surface area contributed by atoms with E-state index in [2.05, 4.69) is 43.5 Å². The number of hydrogen-bond donors (Lipinski definition) is 0. The number of aromatic nitrogens is 3. The summed E-state index contributed by atoms with van der Waals surface area (Å²) in [6, 6.07) is 4.28. The van der Waals surface area contributed by atoms with E-state index in [4.69, 9.17) is 0 Å². The molecule has 0 aliphatic carbocycles. The van der Waals surface area contributed by atoms with Gasteiger partial charge in [-0.15, -0.1) is 0 Å². The van der Waals surface area contributed by atoms with Gasteiger partial charge < -0.3 is 9.47 Å². The van der Waals surface area contributed by atoms with Crippen LogP contribution in [-0.2, 0) is 17.9 Å². The highest BCUT2D eigenvalue weighted by molar-refractivity contribution is 5.90. The average molecular weight is 351 g/mol. The van der Waals surface area contributed by atoms with Crippen LogP contribution < -0.4 is 0 Å². The van der Waals surface area contributed by atoms with E-state index in [1.54, 1.807) is 6.20 Å². The van der Waals surface area contributed by atoms with E-state index in [0.717, 1.165) is 50.3 Å². The summed E-state index contributed by atoms with van der Waals surface area (Å²) in [5.41, 5.74) is 0.817. The molecule has 5 rings (SSSR count). The second-order valence-electron chi connectivity index (χ2n) is 7.79. The zero-order chi connectivity index (χ0) is 17.7. The summed E-state index contributed by atoms with van der Waals surface area (Å²) in [4.78, 5) is 26.9. The molecule has 6 nitrogen and oxygen atoms in total. The maximum atomic E-state index is 13.5. The van der Waals surface area contributed by atoms with Crippen LogP contribution in [0.4, 0.5) is 0 Å². The molecule has 3 fully saturated rings. The maximum absolute atomic E-state index is 13.5. The van der Waals surface area contributed by atoms with Crippen LogP contribution >= 0.6 is 0 Å². The molecule has 0 radical (unpaired) electrons. The van der Waals surface area contributed by atoms with Gasteiger partial charge in [-0.05, 0) is 37.8 Å². The van der Waals surface area contributed by atoms with Gasteiger partial charge in [-0.3, -0.25) is 14.7 Å². The summed E-state index contributed by atoms with van der Waals surface area (Å²) in [6.45, 7) is 5.62. The Hall–Kier alpha value is -2.21. The Morgan fingerprint density at radius 1 is 1.35 bits per heavy atom. The van der Waals surface area contributed by atoms with Gasteiger partial charge in [0.25, 0.3) is 0 Å². The highest BCUT2D eigenvalue weighted by Gasteiger charge is 2.65. The van der Waals surface area contributed by atoms with Gasteiger partial charge in [0.05, 0.1) is 6.04 Å². The highest BCUT2D eigenvalue weighted by atomic mass is 16.2. The molecule has 6 heteroatoms. The molecule has 3 saturated heterocycles. The topological polar surface area (TPSA) is 54.3 Å². The van der Waals surface area contributed by atoms with Crippen molar-refractivity contribution in [1.82, 2.24) is 24.3 Å². The standard InChI is InChI=1S/C20H25N5O/c1-2-23-10-8-22-18(23)17-11-16-14-24(13-15-5-3-7-21-12-15)19(26)20(16)6-4-9-25(17)20/h3,5,7-8,10,12,16-17H,2,4,6,9,11,13-14H2,1H3/t16-,17-,20-/m0/s1. The van der Waals surface area contributed by atoms with Crippen molar-refractivity contribution >= 4 is 5.91 Å². The molecule has 0 N–H and O–H groups in total. The average Bonchev–Trinajstić information content (AvgIpc) is 3.40. The zero-order valence-electron chi connectivity index (χ0n) is 15.2. The first kappa shape index (κ1) is 16.0. The van der Waals surface area contributed by atoms with Crippen molar-refractivity contribution in [1.29, 1.82) is 0 Å². The van der Waals surface area contributed by atoms with E-state index in [0.29, 0.717) is 18.4 Å². The van der Waals surface area contributed by atoms with Gasteiger partial charge in [0.15, 0.2) is 0 Å². The summed E-state index contributed by atoms with van der Waals surface area (Å²) in [6.07, 6.45) is 10.7. The minimum absolute atomic E-state index is 0.280. The molecular weight excluding hydrogens is 326 g/mol. The largest absolute Gasteiger partial charge is 0.336 e. The summed E-state index contributed by atoms with van der Waals surface area (Å²) in [5.74, 6) is 1.86. The third kappa shape index (κ3) is 2.11. The number of hydrogen-bond acceptors (Lipinski definition) is 4. The van der Waals surface area contributed by atoms with Crippen LogP contribution in [0.5, 0.6) is 0 Å². The molecule has 0 unspecified atom stereocenters. The van der Waals surface area contributed by atoms with Crippen molar-refractivity contribution in [3.63, 3.8) is 0 Å². The fourth-order valence-electron chi connectivity index (χ4n) is 5.56. The molecule has 5 heterocycles. The van der Waals surface area contributed by atoms with Crippen molar-refractivity contribution in [2.75, 3.05) is 13.1 Å². The normalized spacial score (nSPS) is 30.8. The Morgan fingerprint density at radius 3 is 3.08 bits per heavy atom. The van der Waals surface area contributed by atoms with Crippen LogP contribution in [0.2, 0.25) is 0 Å². The van der Waals surface area contributed by atoms with E-state index in [-0.39, 0.29) is 11.6 Å². The number of likely N-dealkylation sites (tertiary alicyclic amines) is 1. The van der Waals surface area contributed by atoms with Gasteiger partial charge in [0.2, 0.25) is 5.91 Å². The third-order valence-corrected chi connectivity index (χ3v) is 6.61. The van der Waals surface area contributed by atoms with Crippen LogP contribution in [0.25, 0.3) is 0 Å². The molecule has 2 aromatic rings. The molecule has 1 spiro atoms. The molecule has 3 aliphatic rings. The Labute approximate surface area is 153 Å². The van der Waals surface area contributed by atoms with Crippen LogP contribution in [0, 0.1) is 5.92 Å². The van der Waals surface area contributed by atoms with E-state index >= 15 is 0 Å². The molecule has 26 heavy (non-hydrogen) atoms. The molecule has 3 atom stereocenters. The maximum Gasteiger partial charge on any atom is 0.243 e. The number of nitrogens with zero attached hydrogens (tertiary/aromatic N) is 5. The molecule has 2 aromatic heterocycles.